The topological polar surface area (TPSA) is 80.9 Å². The minimum absolute atomic E-state index is 0.0718. The van der Waals surface area contributed by atoms with Gasteiger partial charge in [0.2, 0.25) is 0 Å². The maximum atomic E-state index is 12.9. The zero-order valence-electron chi connectivity index (χ0n) is 20.2. The maximum absolute atomic E-state index is 12.9. The number of piperidine rings is 1. The van der Waals surface area contributed by atoms with E-state index < -0.39 is 0 Å². The molecule has 1 N–H and O–H groups in total. The second-order valence-corrected chi connectivity index (χ2v) is 10.2. The standard InChI is InChI=1S/C23H28B3N7O/c1-31-6-4-20(5-7-31)32-13-19(12-28-32)22(34)30-21-9-17-8-15(2-3-16(17)10-27-21)18-11-29-33(14-18)23(24,25)26/h2-3,8-14,20H,4-7,24-26H2,1H3,(H,27,30,34). The van der Waals surface area contributed by atoms with Crippen LogP contribution in [-0.2, 0) is 5.24 Å². The number of hydrogen-bond donors (Lipinski definition) is 1. The fourth-order valence-corrected chi connectivity index (χ4v) is 4.33. The summed E-state index contributed by atoms with van der Waals surface area (Å²) in [6.07, 6.45) is 11.3. The van der Waals surface area contributed by atoms with Crippen LogP contribution in [0.15, 0.2) is 55.2 Å². The van der Waals surface area contributed by atoms with Gasteiger partial charge in [-0.3, -0.25) is 14.2 Å². The lowest BCUT2D eigenvalue weighted by molar-refractivity contribution is 0.102. The van der Waals surface area contributed by atoms with Gasteiger partial charge in [0, 0.05) is 29.5 Å². The van der Waals surface area contributed by atoms with Gasteiger partial charge in [-0.25, -0.2) is 4.98 Å². The molecule has 3 aromatic heterocycles. The largest absolute Gasteiger partial charge is 0.306 e. The highest BCUT2D eigenvalue weighted by atomic mass is 16.1. The molecule has 1 saturated heterocycles. The van der Waals surface area contributed by atoms with Crippen LogP contribution in [0.5, 0.6) is 0 Å². The molecule has 0 radical (unpaired) electrons. The van der Waals surface area contributed by atoms with Gasteiger partial charge in [-0.1, -0.05) is 12.1 Å². The number of nitrogens with zero attached hydrogens (tertiary/aromatic N) is 6. The molecule has 0 spiro atoms. The van der Waals surface area contributed by atoms with Crippen molar-refractivity contribution in [2.45, 2.75) is 24.1 Å². The van der Waals surface area contributed by atoms with Crippen molar-refractivity contribution in [2.75, 3.05) is 25.5 Å². The van der Waals surface area contributed by atoms with E-state index in [1.807, 2.05) is 33.9 Å². The molecule has 4 aromatic rings. The third-order valence-corrected chi connectivity index (χ3v) is 6.49. The van der Waals surface area contributed by atoms with Gasteiger partial charge >= 0.3 is 0 Å². The number of amides is 1. The van der Waals surface area contributed by atoms with Gasteiger partial charge in [-0.2, -0.15) is 10.2 Å². The second kappa shape index (κ2) is 8.79. The maximum Gasteiger partial charge on any atom is 0.260 e. The highest BCUT2D eigenvalue weighted by molar-refractivity contribution is 6.56. The van der Waals surface area contributed by atoms with E-state index in [0.29, 0.717) is 17.4 Å². The highest BCUT2D eigenvalue weighted by Gasteiger charge is 2.20. The number of likely N-dealkylation sites (tertiary alicyclic amines) is 1. The summed E-state index contributed by atoms with van der Waals surface area (Å²) >= 11 is 0. The Bertz CT molecular complexity index is 1340. The molecule has 4 heterocycles. The second-order valence-electron chi connectivity index (χ2n) is 10.2. The van der Waals surface area contributed by atoms with Crippen LogP contribution in [0.3, 0.4) is 0 Å². The smallest absolute Gasteiger partial charge is 0.260 e. The van der Waals surface area contributed by atoms with Crippen molar-refractivity contribution in [3.8, 4) is 11.1 Å². The van der Waals surface area contributed by atoms with E-state index in [1.165, 1.54) is 0 Å². The van der Waals surface area contributed by atoms with Crippen LogP contribution >= 0.6 is 0 Å². The van der Waals surface area contributed by atoms with Crippen LogP contribution in [0.25, 0.3) is 21.9 Å². The molecule has 8 nitrogen and oxygen atoms in total. The van der Waals surface area contributed by atoms with Gasteiger partial charge in [0.15, 0.2) is 0 Å². The summed E-state index contributed by atoms with van der Waals surface area (Å²) in [5, 5.41) is 13.8. The van der Waals surface area contributed by atoms with Crippen molar-refractivity contribution in [2.24, 2.45) is 0 Å². The molecule has 34 heavy (non-hydrogen) atoms. The fraction of sp³-hybridized carbons (Fsp3) is 0.304. The van der Waals surface area contributed by atoms with Gasteiger partial charge in [-0.05, 0) is 61.3 Å². The number of anilines is 1. The van der Waals surface area contributed by atoms with Crippen LogP contribution in [0.4, 0.5) is 5.82 Å². The van der Waals surface area contributed by atoms with Crippen molar-refractivity contribution in [3.05, 3.63) is 60.8 Å². The fourth-order valence-electron chi connectivity index (χ4n) is 4.33. The number of hydrogen-bond acceptors (Lipinski definition) is 5. The van der Waals surface area contributed by atoms with Crippen LogP contribution in [0.1, 0.15) is 29.2 Å². The zero-order chi connectivity index (χ0) is 23.9. The predicted molar refractivity (Wildman–Crippen MR) is 143 cm³/mol. The van der Waals surface area contributed by atoms with Crippen LogP contribution in [0.2, 0.25) is 0 Å². The Morgan fingerprint density at radius 3 is 2.53 bits per heavy atom. The van der Waals surface area contributed by atoms with E-state index in [-0.39, 0.29) is 11.1 Å². The third-order valence-electron chi connectivity index (χ3n) is 6.49. The van der Waals surface area contributed by atoms with Crippen LogP contribution in [-0.4, -0.2) is 79.0 Å². The molecule has 1 aromatic carbocycles. The lowest BCUT2D eigenvalue weighted by atomic mass is 9.49. The van der Waals surface area contributed by atoms with Crippen LogP contribution in [0, 0.1) is 0 Å². The third kappa shape index (κ3) is 4.66. The quantitative estimate of drug-likeness (QED) is 0.442. The van der Waals surface area contributed by atoms with Crippen molar-refractivity contribution < 1.29 is 4.79 Å². The first-order chi connectivity index (χ1) is 16.3. The average molecular weight is 451 g/mol. The normalized spacial score (nSPS) is 15.6. The number of aromatic nitrogens is 5. The lowest BCUT2D eigenvalue weighted by Gasteiger charge is -2.28. The summed E-state index contributed by atoms with van der Waals surface area (Å²) in [5.74, 6) is 0.320. The molecule has 1 aliphatic heterocycles. The number of pyridine rings is 1. The summed E-state index contributed by atoms with van der Waals surface area (Å²) in [5.41, 5.74) is 2.68. The monoisotopic (exact) mass is 451 g/mol. The molecule has 0 saturated carbocycles. The molecule has 11 heteroatoms. The highest BCUT2D eigenvalue weighted by Crippen LogP contribution is 2.26. The Morgan fingerprint density at radius 1 is 1.00 bits per heavy atom. The molecule has 1 amide bonds. The zero-order valence-corrected chi connectivity index (χ0v) is 20.2. The molecule has 5 rings (SSSR count). The first-order valence-electron chi connectivity index (χ1n) is 11.8. The molecule has 1 fully saturated rings. The summed E-state index contributed by atoms with van der Waals surface area (Å²) in [7, 11) is 8.52. The van der Waals surface area contributed by atoms with Crippen molar-refractivity contribution >= 4 is 46.0 Å². The van der Waals surface area contributed by atoms with E-state index in [0.717, 1.165) is 47.8 Å². The van der Waals surface area contributed by atoms with Gasteiger partial charge < -0.3 is 10.2 Å². The van der Waals surface area contributed by atoms with Crippen LogP contribution < -0.4 is 5.32 Å². The summed E-state index contributed by atoms with van der Waals surface area (Å²) < 4.78 is 3.90. The Hall–Kier alpha value is -3.33. The lowest BCUT2D eigenvalue weighted by Crippen LogP contribution is -2.35. The van der Waals surface area contributed by atoms with E-state index in [4.69, 9.17) is 0 Å². The van der Waals surface area contributed by atoms with Crippen molar-refractivity contribution in [1.29, 1.82) is 0 Å². The SMILES string of the molecule is BC(B)(B)n1cc(-c2ccc3cnc(NC(=O)c4cnn(C5CCN(C)CC5)c4)cc3c2)cn1. The van der Waals surface area contributed by atoms with Gasteiger partial charge in [0.25, 0.3) is 5.91 Å². The molecule has 0 unspecified atom stereocenters. The first kappa shape index (κ1) is 22.5. The van der Waals surface area contributed by atoms with E-state index in [1.54, 1.807) is 12.4 Å². The number of fused-ring (bicyclic) bond motifs is 1. The van der Waals surface area contributed by atoms with Gasteiger partial charge in [-0.15, -0.1) is 0 Å². The number of carbonyl (C=O) groups excluding carboxylic acids is 1. The Balaban J connectivity index is 1.33. The minimum Gasteiger partial charge on any atom is -0.306 e. The summed E-state index contributed by atoms with van der Waals surface area (Å²) in [4.78, 5) is 19.6. The van der Waals surface area contributed by atoms with Crippen molar-refractivity contribution in [1.82, 2.24) is 29.4 Å². The van der Waals surface area contributed by atoms with E-state index in [2.05, 4.69) is 74.3 Å². The number of benzene rings is 1. The molecular weight excluding hydrogens is 423 g/mol. The Kier molecular flexibility index (Phi) is 5.81. The molecular formula is C23H28B3N7O. The van der Waals surface area contributed by atoms with E-state index >= 15 is 0 Å². The van der Waals surface area contributed by atoms with Crippen molar-refractivity contribution in [3.63, 3.8) is 0 Å². The predicted octanol–water partition coefficient (Wildman–Crippen LogP) is 0.281. The Labute approximate surface area is 202 Å². The van der Waals surface area contributed by atoms with Gasteiger partial charge in [0.05, 0.1) is 24.0 Å². The first-order valence-corrected chi connectivity index (χ1v) is 11.8. The molecule has 170 valence electrons. The Morgan fingerprint density at radius 2 is 1.79 bits per heavy atom. The number of nitrogens with one attached hydrogen (secondary N) is 1. The number of rotatable bonds is 5. The summed E-state index contributed by atoms with van der Waals surface area (Å²) in [6, 6.07) is 8.48. The number of carbonyl (C=O) groups is 1. The van der Waals surface area contributed by atoms with Gasteiger partial charge in [0.1, 0.15) is 29.4 Å². The molecule has 1 aliphatic rings. The molecule has 0 bridgehead atoms. The van der Waals surface area contributed by atoms with E-state index in [9.17, 15) is 4.79 Å². The average Bonchev–Trinajstić information content (AvgIpc) is 3.49. The molecule has 0 atom stereocenters. The summed E-state index contributed by atoms with van der Waals surface area (Å²) in [6.45, 7) is 2.10. The molecule has 0 aliphatic carbocycles. The minimum atomic E-state index is -0.200.